The number of aliphatic hydroxyl groups is 1. The SMILES string of the molecule is COc1ccc(C2(c3ccc(OCCOC(=O)CCCCCO)cc3)C=Cc3c4c(c5cc(N6CCCCC6)c(OC)cc5c3O2)-c2ccc(C)cc2C4(C)C)cc1. The number of anilines is 1. The molecule has 1 aliphatic carbocycles. The Morgan fingerprint density at radius 1 is 0.810 bits per heavy atom. The van der Waals surface area contributed by atoms with E-state index in [4.69, 9.17) is 28.8 Å². The number of aryl methyl sites for hydroxylation is 1. The van der Waals surface area contributed by atoms with Crippen LogP contribution >= 0.6 is 0 Å². The van der Waals surface area contributed by atoms with Gasteiger partial charge < -0.3 is 33.7 Å². The summed E-state index contributed by atoms with van der Waals surface area (Å²) in [7, 11) is 3.45. The zero-order valence-electron chi connectivity index (χ0n) is 34.5. The molecule has 1 unspecified atom stereocenters. The molecule has 8 heteroatoms. The first-order chi connectivity index (χ1) is 28.2. The van der Waals surface area contributed by atoms with Crippen LogP contribution in [-0.2, 0) is 20.5 Å². The second-order valence-corrected chi connectivity index (χ2v) is 16.3. The normalized spacial score (nSPS) is 17.6. The lowest BCUT2D eigenvalue weighted by Crippen LogP contribution is -2.35. The van der Waals surface area contributed by atoms with Crippen LogP contribution in [0.2, 0.25) is 0 Å². The molecule has 1 saturated heterocycles. The molecular weight excluding hydrogens is 727 g/mol. The van der Waals surface area contributed by atoms with E-state index in [0.717, 1.165) is 64.5 Å². The van der Waals surface area contributed by atoms with Crippen molar-refractivity contribution in [2.24, 2.45) is 0 Å². The Hall–Kier alpha value is -5.47. The molecule has 0 aromatic heterocycles. The molecule has 8 rings (SSSR count). The Balaban J connectivity index is 1.22. The third kappa shape index (κ3) is 7.17. The largest absolute Gasteiger partial charge is 0.497 e. The molecule has 1 fully saturated rings. The summed E-state index contributed by atoms with van der Waals surface area (Å²) >= 11 is 0. The number of carbonyl (C=O) groups is 1. The summed E-state index contributed by atoms with van der Waals surface area (Å²) in [6, 6.07) is 27.5. The number of ether oxygens (including phenoxy) is 5. The monoisotopic (exact) mass is 781 g/mol. The molecule has 2 heterocycles. The summed E-state index contributed by atoms with van der Waals surface area (Å²) in [5.74, 6) is 2.86. The number of carbonyl (C=O) groups excluding carboxylic acids is 1. The van der Waals surface area contributed by atoms with Crippen molar-refractivity contribution in [2.45, 2.75) is 76.7 Å². The van der Waals surface area contributed by atoms with E-state index < -0.39 is 5.60 Å². The van der Waals surface area contributed by atoms with Crippen LogP contribution in [0.3, 0.4) is 0 Å². The number of hydrogen-bond donors (Lipinski definition) is 1. The van der Waals surface area contributed by atoms with Gasteiger partial charge in [0.1, 0.15) is 36.2 Å². The molecule has 0 radical (unpaired) electrons. The summed E-state index contributed by atoms with van der Waals surface area (Å²) in [5.41, 5.74) is 9.24. The average molecular weight is 782 g/mol. The average Bonchev–Trinajstić information content (AvgIpc) is 3.49. The number of esters is 1. The van der Waals surface area contributed by atoms with Crippen LogP contribution in [0.25, 0.3) is 28.0 Å². The van der Waals surface area contributed by atoms with E-state index in [1.807, 2.05) is 24.3 Å². The zero-order valence-corrected chi connectivity index (χ0v) is 34.5. The van der Waals surface area contributed by atoms with Crippen LogP contribution in [0.15, 0.2) is 84.9 Å². The van der Waals surface area contributed by atoms with Gasteiger partial charge in [0.15, 0.2) is 5.60 Å². The minimum absolute atomic E-state index is 0.138. The number of unbranched alkanes of at least 4 members (excludes halogenated alkanes) is 2. The van der Waals surface area contributed by atoms with Crippen molar-refractivity contribution in [1.82, 2.24) is 0 Å². The summed E-state index contributed by atoms with van der Waals surface area (Å²) in [6.07, 6.45) is 10.6. The molecule has 5 aromatic carbocycles. The van der Waals surface area contributed by atoms with E-state index in [2.05, 4.69) is 92.4 Å². The van der Waals surface area contributed by atoms with Crippen molar-refractivity contribution < 1.29 is 33.6 Å². The van der Waals surface area contributed by atoms with E-state index >= 15 is 0 Å². The predicted molar refractivity (Wildman–Crippen MR) is 231 cm³/mol. The standard InChI is InChI=1S/C50H55NO7/c1-33-13-22-38-42(30-33)49(2,3)47-39-23-24-50(34-14-18-36(54-4)19-15-34,35-16-20-37(21-17-35)56-28-29-57-45(53)12-8-6-11-27-52)58-48(39)41-32-44(55-5)43(31-40(41)46(38)47)51-25-9-7-10-26-51/h13-24,30-32,52H,6-12,25-29H2,1-5H3. The van der Waals surface area contributed by atoms with Gasteiger partial charge in [0.05, 0.1) is 19.9 Å². The van der Waals surface area contributed by atoms with Crippen LogP contribution in [0, 0.1) is 6.92 Å². The number of fused-ring (bicyclic) bond motifs is 8. The quantitative estimate of drug-likeness (QED) is 0.0881. The maximum atomic E-state index is 12.1. The molecular formula is C50H55NO7. The number of benzene rings is 5. The summed E-state index contributed by atoms with van der Waals surface area (Å²) in [4.78, 5) is 14.6. The van der Waals surface area contributed by atoms with Crippen molar-refractivity contribution in [3.8, 4) is 34.1 Å². The third-order valence-corrected chi connectivity index (χ3v) is 12.2. The number of methoxy groups -OCH3 is 2. The minimum atomic E-state index is -0.991. The number of nitrogens with zero attached hydrogens (tertiary/aromatic N) is 1. The zero-order chi connectivity index (χ0) is 40.4. The fourth-order valence-electron chi connectivity index (χ4n) is 9.22. The Kier molecular flexibility index (Phi) is 11.1. The van der Waals surface area contributed by atoms with E-state index in [1.165, 1.54) is 52.5 Å². The maximum Gasteiger partial charge on any atom is 0.305 e. The lowest BCUT2D eigenvalue weighted by Gasteiger charge is -2.39. The molecule has 302 valence electrons. The molecule has 1 N–H and O–H groups in total. The Labute approximate surface area is 342 Å². The first-order valence-electron chi connectivity index (χ1n) is 20.8. The fraction of sp³-hybridized carbons (Fsp3) is 0.380. The van der Waals surface area contributed by atoms with Gasteiger partial charge in [0.2, 0.25) is 0 Å². The maximum absolute atomic E-state index is 12.1. The highest BCUT2D eigenvalue weighted by Crippen LogP contribution is 2.59. The predicted octanol–water partition coefficient (Wildman–Crippen LogP) is 10.3. The first-order valence-corrected chi connectivity index (χ1v) is 20.8. The highest BCUT2D eigenvalue weighted by Gasteiger charge is 2.44. The highest BCUT2D eigenvalue weighted by molar-refractivity contribution is 6.10. The van der Waals surface area contributed by atoms with Crippen LogP contribution in [0.1, 0.15) is 92.2 Å². The summed E-state index contributed by atoms with van der Waals surface area (Å²) in [5, 5.41) is 11.1. The molecule has 8 nitrogen and oxygen atoms in total. The Morgan fingerprint density at radius 3 is 2.22 bits per heavy atom. The van der Waals surface area contributed by atoms with Gasteiger partial charge in [-0.05, 0) is 109 Å². The van der Waals surface area contributed by atoms with Gasteiger partial charge in [-0.1, -0.05) is 74.4 Å². The molecule has 0 amide bonds. The molecule has 5 aromatic rings. The Morgan fingerprint density at radius 2 is 1.53 bits per heavy atom. The second-order valence-electron chi connectivity index (χ2n) is 16.3. The third-order valence-electron chi connectivity index (χ3n) is 12.2. The van der Waals surface area contributed by atoms with E-state index in [-0.39, 0.29) is 31.2 Å². The van der Waals surface area contributed by atoms with Crippen molar-refractivity contribution in [1.29, 1.82) is 0 Å². The van der Waals surface area contributed by atoms with Gasteiger partial charge in [-0.2, -0.15) is 0 Å². The van der Waals surface area contributed by atoms with E-state index in [1.54, 1.807) is 14.2 Å². The number of rotatable bonds is 14. The second kappa shape index (κ2) is 16.4. The van der Waals surface area contributed by atoms with Gasteiger partial charge in [-0.25, -0.2) is 0 Å². The first kappa shape index (κ1) is 39.4. The smallest absolute Gasteiger partial charge is 0.305 e. The summed E-state index contributed by atoms with van der Waals surface area (Å²) in [6.45, 7) is 9.42. The number of aliphatic hydroxyl groups excluding tert-OH is 1. The van der Waals surface area contributed by atoms with Crippen LogP contribution in [-0.4, -0.2) is 58.2 Å². The van der Waals surface area contributed by atoms with Gasteiger partial charge in [-0.15, -0.1) is 0 Å². The van der Waals surface area contributed by atoms with E-state index in [0.29, 0.717) is 25.0 Å². The molecule has 1 atom stereocenters. The molecule has 0 saturated carbocycles. The van der Waals surface area contributed by atoms with Crippen LogP contribution < -0.4 is 23.8 Å². The van der Waals surface area contributed by atoms with Gasteiger partial charge in [0.25, 0.3) is 0 Å². The van der Waals surface area contributed by atoms with Gasteiger partial charge >= 0.3 is 5.97 Å². The Bertz CT molecular complexity index is 2320. The molecule has 58 heavy (non-hydrogen) atoms. The molecule has 0 spiro atoms. The van der Waals surface area contributed by atoms with Crippen molar-refractivity contribution in [3.05, 3.63) is 118 Å². The molecule has 2 aliphatic heterocycles. The summed E-state index contributed by atoms with van der Waals surface area (Å²) < 4.78 is 30.8. The lowest BCUT2D eigenvalue weighted by atomic mass is 9.76. The van der Waals surface area contributed by atoms with Gasteiger partial charge in [-0.3, -0.25) is 4.79 Å². The van der Waals surface area contributed by atoms with Crippen molar-refractivity contribution in [3.63, 3.8) is 0 Å². The highest BCUT2D eigenvalue weighted by atomic mass is 16.6. The van der Waals surface area contributed by atoms with Crippen LogP contribution in [0.4, 0.5) is 5.69 Å². The fourth-order valence-corrected chi connectivity index (χ4v) is 9.22. The van der Waals surface area contributed by atoms with Crippen molar-refractivity contribution >= 4 is 28.5 Å². The van der Waals surface area contributed by atoms with Crippen molar-refractivity contribution in [2.75, 3.05) is 52.0 Å². The molecule has 3 aliphatic rings. The van der Waals surface area contributed by atoms with E-state index in [9.17, 15) is 4.79 Å². The topological polar surface area (TPSA) is 86.7 Å². The molecule has 0 bridgehead atoms. The lowest BCUT2D eigenvalue weighted by molar-refractivity contribution is -0.144. The van der Waals surface area contributed by atoms with Gasteiger partial charge in [0, 0.05) is 53.6 Å². The number of hydrogen-bond acceptors (Lipinski definition) is 8. The van der Waals surface area contributed by atoms with Crippen LogP contribution in [0.5, 0.6) is 23.0 Å². The minimum Gasteiger partial charge on any atom is -0.497 e. The number of piperidine rings is 1.